The van der Waals surface area contributed by atoms with Gasteiger partial charge in [-0.2, -0.15) is 0 Å². The molecule has 2 N–H and O–H groups in total. The van der Waals surface area contributed by atoms with Gasteiger partial charge in [0.1, 0.15) is 6.10 Å². The minimum atomic E-state index is -0.383. The molecule has 0 saturated heterocycles. The third-order valence-corrected chi connectivity index (χ3v) is 2.39. The Morgan fingerprint density at radius 1 is 1.13 bits per heavy atom. The summed E-state index contributed by atoms with van der Waals surface area (Å²) in [6.07, 6.45) is 1.28. The van der Waals surface area contributed by atoms with E-state index in [-0.39, 0.29) is 44.4 Å². The van der Waals surface area contributed by atoms with Crippen LogP contribution in [0.4, 0.5) is 0 Å². The molecule has 5 heteroatoms. The van der Waals surface area contributed by atoms with Gasteiger partial charge in [-0.05, 0) is 12.8 Å². The van der Waals surface area contributed by atoms with Gasteiger partial charge in [-0.25, -0.2) is 0 Å². The zero-order valence-corrected chi connectivity index (χ0v) is 8.72. The van der Waals surface area contributed by atoms with E-state index in [2.05, 4.69) is 0 Å². The van der Waals surface area contributed by atoms with Gasteiger partial charge in [-0.15, -0.1) is 0 Å². The average Bonchev–Trinajstić information content (AvgIpc) is 2.25. The van der Waals surface area contributed by atoms with Crippen LogP contribution in [0.5, 0.6) is 0 Å². The number of aliphatic hydroxyl groups excluding tert-OH is 2. The monoisotopic (exact) mass is 218 g/mol. The van der Waals surface area contributed by atoms with Crippen LogP contribution in [0.15, 0.2) is 0 Å². The molecule has 1 fully saturated rings. The average molecular weight is 218 g/mol. The van der Waals surface area contributed by atoms with Crippen molar-refractivity contribution in [1.29, 1.82) is 0 Å². The van der Waals surface area contributed by atoms with Gasteiger partial charge in [0.2, 0.25) is 0 Å². The van der Waals surface area contributed by atoms with Crippen molar-refractivity contribution >= 4 is 5.78 Å². The van der Waals surface area contributed by atoms with Crippen LogP contribution in [0.25, 0.3) is 0 Å². The largest absolute Gasteiger partial charge is 0.394 e. The number of ether oxygens (including phenoxy) is 2. The highest BCUT2D eigenvalue weighted by Crippen LogP contribution is 2.20. The first-order valence-electron chi connectivity index (χ1n) is 5.25. The molecule has 0 amide bonds. The van der Waals surface area contributed by atoms with E-state index in [1.807, 2.05) is 0 Å². The molecule has 1 rings (SSSR count). The van der Waals surface area contributed by atoms with Crippen LogP contribution in [0.3, 0.4) is 0 Å². The zero-order chi connectivity index (χ0) is 11.1. The van der Waals surface area contributed by atoms with Gasteiger partial charge >= 0.3 is 0 Å². The SMILES string of the molecule is O=C1CC(OCCO)CCC1OCCO. The van der Waals surface area contributed by atoms with Gasteiger partial charge in [0.25, 0.3) is 0 Å². The maximum Gasteiger partial charge on any atom is 0.164 e. The molecular formula is C10H18O5. The summed E-state index contributed by atoms with van der Waals surface area (Å²) in [5.41, 5.74) is 0. The number of carbonyl (C=O) groups is 1. The molecule has 2 atom stereocenters. The molecule has 2 unspecified atom stereocenters. The Balaban J connectivity index is 2.24. The number of ketones is 1. The van der Waals surface area contributed by atoms with Crippen molar-refractivity contribution in [3.05, 3.63) is 0 Å². The number of hydrogen-bond donors (Lipinski definition) is 2. The maximum atomic E-state index is 11.5. The number of carbonyl (C=O) groups excluding carboxylic acids is 1. The van der Waals surface area contributed by atoms with E-state index in [0.717, 1.165) is 6.42 Å². The van der Waals surface area contributed by atoms with E-state index < -0.39 is 0 Å². The van der Waals surface area contributed by atoms with Crippen molar-refractivity contribution in [1.82, 2.24) is 0 Å². The summed E-state index contributed by atoms with van der Waals surface area (Å²) >= 11 is 0. The van der Waals surface area contributed by atoms with Crippen LogP contribution in [0.2, 0.25) is 0 Å². The summed E-state index contributed by atoms with van der Waals surface area (Å²) < 4.78 is 10.5. The predicted molar refractivity (Wildman–Crippen MR) is 52.5 cm³/mol. The van der Waals surface area contributed by atoms with Gasteiger partial charge < -0.3 is 19.7 Å². The Labute approximate surface area is 89.0 Å². The summed E-state index contributed by atoms with van der Waals surface area (Å²) in [6.45, 7) is 0.405. The standard InChI is InChI=1S/C10H18O5/c11-3-5-14-8-1-2-10(9(13)7-8)15-6-4-12/h8,10-12H,1-7H2. The molecule has 0 bridgehead atoms. The molecule has 1 aliphatic carbocycles. The lowest BCUT2D eigenvalue weighted by atomic mass is 9.93. The van der Waals surface area contributed by atoms with Gasteiger partial charge in [0.15, 0.2) is 5.78 Å². The molecule has 0 radical (unpaired) electrons. The second kappa shape index (κ2) is 6.90. The quantitative estimate of drug-likeness (QED) is 0.628. The Bertz CT molecular complexity index is 194. The highest BCUT2D eigenvalue weighted by molar-refractivity contribution is 5.84. The lowest BCUT2D eigenvalue weighted by molar-refractivity contribution is -0.140. The second-order valence-electron chi connectivity index (χ2n) is 3.55. The predicted octanol–water partition coefficient (Wildman–Crippen LogP) is -0.506. The highest BCUT2D eigenvalue weighted by Gasteiger charge is 2.29. The second-order valence-corrected chi connectivity index (χ2v) is 3.55. The van der Waals surface area contributed by atoms with Crippen LogP contribution in [0.1, 0.15) is 19.3 Å². The maximum absolute atomic E-state index is 11.5. The van der Waals surface area contributed by atoms with E-state index in [4.69, 9.17) is 19.7 Å². The molecule has 0 aromatic heterocycles. The van der Waals surface area contributed by atoms with Crippen molar-refractivity contribution in [3.63, 3.8) is 0 Å². The molecule has 15 heavy (non-hydrogen) atoms. The van der Waals surface area contributed by atoms with E-state index in [1.165, 1.54) is 0 Å². The first-order valence-corrected chi connectivity index (χ1v) is 5.25. The minimum absolute atomic E-state index is 0.0187. The van der Waals surface area contributed by atoms with Crippen LogP contribution in [-0.4, -0.2) is 54.6 Å². The number of aliphatic hydroxyl groups is 2. The lowest BCUT2D eigenvalue weighted by Gasteiger charge is -2.27. The molecule has 0 aromatic rings. The topological polar surface area (TPSA) is 76.0 Å². The van der Waals surface area contributed by atoms with E-state index in [1.54, 1.807) is 0 Å². The molecule has 1 aliphatic rings. The number of rotatable bonds is 6. The van der Waals surface area contributed by atoms with E-state index >= 15 is 0 Å². The van der Waals surface area contributed by atoms with Crippen LogP contribution >= 0.6 is 0 Å². The van der Waals surface area contributed by atoms with Gasteiger partial charge in [0, 0.05) is 6.42 Å². The first-order chi connectivity index (χ1) is 7.27. The molecule has 0 aromatic carbocycles. The molecule has 0 spiro atoms. The fourth-order valence-corrected chi connectivity index (χ4v) is 1.69. The third-order valence-electron chi connectivity index (χ3n) is 2.39. The van der Waals surface area contributed by atoms with E-state index in [9.17, 15) is 4.79 Å². The van der Waals surface area contributed by atoms with Crippen molar-refractivity contribution in [2.75, 3.05) is 26.4 Å². The fourth-order valence-electron chi connectivity index (χ4n) is 1.69. The molecule has 0 heterocycles. The molecule has 88 valence electrons. The fraction of sp³-hybridized carbons (Fsp3) is 0.900. The number of hydrogen-bond acceptors (Lipinski definition) is 5. The summed E-state index contributed by atoms with van der Waals surface area (Å²) in [4.78, 5) is 11.5. The van der Waals surface area contributed by atoms with Crippen LogP contribution in [0, 0.1) is 0 Å². The molecule has 0 aliphatic heterocycles. The van der Waals surface area contributed by atoms with Crippen LogP contribution < -0.4 is 0 Å². The summed E-state index contributed by atoms with van der Waals surface area (Å²) in [6, 6.07) is 0. The summed E-state index contributed by atoms with van der Waals surface area (Å²) in [5, 5.41) is 17.1. The van der Waals surface area contributed by atoms with Crippen molar-refractivity contribution < 1.29 is 24.5 Å². The highest BCUT2D eigenvalue weighted by atomic mass is 16.5. The summed E-state index contributed by atoms with van der Waals surface area (Å²) in [5.74, 6) is 0.0256. The molecule has 1 saturated carbocycles. The minimum Gasteiger partial charge on any atom is -0.394 e. The van der Waals surface area contributed by atoms with Crippen LogP contribution in [-0.2, 0) is 14.3 Å². The Kier molecular flexibility index (Phi) is 5.78. The van der Waals surface area contributed by atoms with Crippen molar-refractivity contribution in [2.45, 2.75) is 31.5 Å². The van der Waals surface area contributed by atoms with Gasteiger partial charge in [-0.1, -0.05) is 0 Å². The van der Waals surface area contributed by atoms with E-state index in [0.29, 0.717) is 12.8 Å². The summed E-state index contributed by atoms with van der Waals surface area (Å²) in [7, 11) is 0. The Morgan fingerprint density at radius 3 is 2.40 bits per heavy atom. The van der Waals surface area contributed by atoms with Crippen molar-refractivity contribution in [2.24, 2.45) is 0 Å². The normalized spacial score (nSPS) is 26.9. The smallest absolute Gasteiger partial charge is 0.164 e. The Hall–Kier alpha value is -0.490. The Morgan fingerprint density at radius 2 is 1.80 bits per heavy atom. The van der Waals surface area contributed by atoms with Gasteiger partial charge in [0.05, 0.1) is 32.5 Å². The molecular weight excluding hydrogens is 200 g/mol. The first kappa shape index (κ1) is 12.6. The van der Waals surface area contributed by atoms with Crippen molar-refractivity contribution in [3.8, 4) is 0 Å². The van der Waals surface area contributed by atoms with Gasteiger partial charge in [-0.3, -0.25) is 4.79 Å². The number of Topliss-reactive ketones (excluding diaryl/α,β-unsaturated/α-hetero) is 1. The lowest BCUT2D eigenvalue weighted by Crippen LogP contribution is -2.36. The third kappa shape index (κ3) is 4.25. The molecule has 5 nitrogen and oxygen atoms in total. The zero-order valence-electron chi connectivity index (χ0n) is 8.72.